The molecule has 0 amide bonds. The molecule has 2 aliphatic rings. The summed E-state index contributed by atoms with van der Waals surface area (Å²) in [5, 5.41) is 5.09. The summed E-state index contributed by atoms with van der Waals surface area (Å²) in [4.78, 5) is 2.50. The Hall–Kier alpha value is -5.92. The monoisotopic (exact) mass is 667 g/mol. The van der Waals surface area contributed by atoms with Gasteiger partial charge in [0.2, 0.25) is 0 Å². The van der Waals surface area contributed by atoms with E-state index in [0.29, 0.717) is 0 Å². The highest BCUT2D eigenvalue weighted by molar-refractivity contribution is 6.04. The first kappa shape index (κ1) is 30.9. The second-order valence-corrected chi connectivity index (χ2v) is 15.2. The van der Waals surface area contributed by atoms with Crippen LogP contribution in [0.25, 0.3) is 54.9 Å². The minimum atomic E-state index is -0.141. The first-order valence-electron chi connectivity index (χ1n) is 18.8. The fourth-order valence-corrected chi connectivity index (χ4v) is 9.17. The molecule has 1 heteroatoms. The molecule has 8 aromatic rings. The predicted octanol–water partition coefficient (Wildman–Crippen LogP) is 14.0. The van der Waals surface area contributed by atoms with Crippen LogP contribution in [-0.2, 0) is 18.3 Å². The van der Waals surface area contributed by atoms with Gasteiger partial charge in [-0.05, 0) is 134 Å². The van der Waals surface area contributed by atoms with E-state index >= 15 is 0 Å². The van der Waals surface area contributed by atoms with Gasteiger partial charge in [-0.2, -0.15) is 0 Å². The molecule has 2 aliphatic carbocycles. The van der Waals surface area contributed by atoms with Crippen LogP contribution in [0.1, 0.15) is 48.9 Å². The molecule has 0 radical (unpaired) electrons. The zero-order valence-electron chi connectivity index (χ0n) is 29.9. The normalized spacial score (nSPS) is 14.2. The van der Waals surface area contributed by atoms with Gasteiger partial charge in [0.25, 0.3) is 0 Å². The smallest absolute Gasteiger partial charge is 0.0546 e. The van der Waals surface area contributed by atoms with Crippen molar-refractivity contribution in [3.05, 3.63) is 186 Å². The molecular weight excluding hydrogens is 627 g/mol. The van der Waals surface area contributed by atoms with E-state index in [9.17, 15) is 0 Å². The maximum Gasteiger partial charge on any atom is 0.0546 e. The lowest BCUT2D eigenvalue weighted by Gasteiger charge is -2.30. The first-order valence-corrected chi connectivity index (χ1v) is 18.8. The summed E-state index contributed by atoms with van der Waals surface area (Å²) in [6, 6.07) is 61.3. The van der Waals surface area contributed by atoms with E-state index in [0.717, 1.165) is 5.69 Å². The third-order valence-corrected chi connectivity index (χ3v) is 11.8. The summed E-state index contributed by atoms with van der Waals surface area (Å²) < 4.78 is 0. The number of hydrogen-bond donors (Lipinski definition) is 0. The van der Waals surface area contributed by atoms with Gasteiger partial charge in [0, 0.05) is 22.4 Å². The van der Waals surface area contributed by atoms with Crippen LogP contribution in [-0.4, -0.2) is 0 Å². The average molecular weight is 668 g/mol. The van der Waals surface area contributed by atoms with Crippen LogP contribution in [0.4, 0.5) is 17.1 Å². The van der Waals surface area contributed by atoms with Crippen molar-refractivity contribution in [1.29, 1.82) is 0 Å². The van der Waals surface area contributed by atoms with E-state index in [2.05, 4.69) is 183 Å². The Morgan fingerprint density at radius 2 is 1.15 bits per heavy atom. The second-order valence-electron chi connectivity index (χ2n) is 15.2. The number of aryl methyl sites for hydroxylation is 1. The molecule has 0 fully saturated rings. The molecule has 250 valence electrons. The van der Waals surface area contributed by atoms with E-state index in [4.69, 9.17) is 0 Å². The van der Waals surface area contributed by atoms with Gasteiger partial charge in [-0.3, -0.25) is 0 Å². The minimum absolute atomic E-state index is 0.141. The molecule has 1 nitrogen and oxygen atoms in total. The summed E-state index contributed by atoms with van der Waals surface area (Å²) in [5.74, 6) is 0. The molecule has 0 aliphatic heterocycles. The van der Waals surface area contributed by atoms with E-state index in [1.807, 2.05) is 0 Å². The quantitative estimate of drug-likeness (QED) is 0.177. The van der Waals surface area contributed by atoms with Gasteiger partial charge in [0.1, 0.15) is 0 Å². The topological polar surface area (TPSA) is 3.24 Å². The van der Waals surface area contributed by atoms with Crippen LogP contribution in [0, 0.1) is 0 Å². The minimum Gasteiger partial charge on any atom is -0.310 e. The van der Waals surface area contributed by atoms with Crippen molar-refractivity contribution < 1.29 is 0 Å². The number of hydrogen-bond acceptors (Lipinski definition) is 1. The lowest BCUT2D eigenvalue weighted by Crippen LogP contribution is -2.17. The van der Waals surface area contributed by atoms with Crippen LogP contribution in [0.2, 0.25) is 0 Å². The van der Waals surface area contributed by atoms with Gasteiger partial charge in [0.15, 0.2) is 0 Å². The summed E-state index contributed by atoms with van der Waals surface area (Å²) in [6.45, 7) is 4.78. The fraction of sp³-hybridized carbons (Fsp3) is 0.137. The summed E-state index contributed by atoms with van der Waals surface area (Å²) in [6.07, 6.45) is 4.92. The Labute approximate surface area is 306 Å². The highest BCUT2D eigenvalue weighted by Crippen LogP contribution is 2.53. The second kappa shape index (κ2) is 12.1. The Balaban J connectivity index is 1.19. The summed E-state index contributed by atoms with van der Waals surface area (Å²) in [7, 11) is 0. The Morgan fingerprint density at radius 1 is 0.462 bits per heavy atom. The zero-order valence-corrected chi connectivity index (χ0v) is 29.9. The summed E-state index contributed by atoms with van der Waals surface area (Å²) in [5.41, 5.74) is 17.0. The first-order chi connectivity index (χ1) is 25.5. The molecule has 52 heavy (non-hydrogen) atoms. The van der Waals surface area contributed by atoms with Crippen molar-refractivity contribution in [3.63, 3.8) is 0 Å². The number of benzene rings is 8. The third kappa shape index (κ3) is 4.91. The maximum atomic E-state index is 2.50. The van der Waals surface area contributed by atoms with E-state index in [1.165, 1.54) is 114 Å². The molecule has 0 N–H and O–H groups in total. The Morgan fingerprint density at radius 3 is 1.98 bits per heavy atom. The highest BCUT2D eigenvalue weighted by Gasteiger charge is 2.37. The number of fused-ring (bicyclic) bond motifs is 7. The molecular formula is C51H41N. The van der Waals surface area contributed by atoms with Gasteiger partial charge in [-0.25, -0.2) is 0 Å². The number of nitrogens with zero attached hydrogens (tertiary/aromatic N) is 1. The van der Waals surface area contributed by atoms with Gasteiger partial charge < -0.3 is 4.90 Å². The van der Waals surface area contributed by atoms with Gasteiger partial charge in [0.05, 0.1) is 5.69 Å². The predicted molar refractivity (Wildman–Crippen MR) is 221 cm³/mol. The van der Waals surface area contributed by atoms with Crippen LogP contribution >= 0.6 is 0 Å². The van der Waals surface area contributed by atoms with Crippen molar-refractivity contribution in [2.75, 3.05) is 4.90 Å². The third-order valence-electron chi connectivity index (χ3n) is 11.8. The van der Waals surface area contributed by atoms with Crippen molar-refractivity contribution in [2.24, 2.45) is 0 Å². The Kier molecular flexibility index (Phi) is 7.18. The molecule has 0 atom stereocenters. The molecule has 10 rings (SSSR count). The average Bonchev–Trinajstić information content (AvgIpc) is 3.43. The van der Waals surface area contributed by atoms with Crippen LogP contribution in [0.5, 0.6) is 0 Å². The van der Waals surface area contributed by atoms with Crippen molar-refractivity contribution in [2.45, 2.75) is 44.9 Å². The molecule has 0 spiro atoms. The van der Waals surface area contributed by atoms with Gasteiger partial charge in [-0.1, -0.05) is 141 Å². The summed E-state index contributed by atoms with van der Waals surface area (Å²) >= 11 is 0. The molecule has 0 saturated carbocycles. The molecule has 0 aromatic heterocycles. The van der Waals surface area contributed by atoms with Crippen LogP contribution in [0.3, 0.4) is 0 Å². The fourth-order valence-electron chi connectivity index (χ4n) is 9.17. The van der Waals surface area contributed by atoms with Gasteiger partial charge in [-0.15, -0.1) is 0 Å². The Bertz CT molecular complexity index is 2650. The number of anilines is 3. The largest absolute Gasteiger partial charge is 0.310 e. The maximum absolute atomic E-state index is 2.50. The van der Waals surface area contributed by atoms with Crippen LogP contribution < -0.4 is 4.90 Å². The molecule has 0 heterocycles. The highest BCUT2D eigenvalue weighted by atomic mass is 15.1. The van der Waals surface area contributed by atoms with E-state index in [-0.39, 0.29) is 5.41 Å². The van der Waals surface area contributed by atoms with Crippen molar-refractivity contribution in [1.82, 2.24) is 0 Å². The lowest BCUT2D eigenvalue weighted by atomic mass is 9.82. The molecule has 0 unspecified atom stereocenters. The van der Waals surface area contributed by atoms with E-state index < -0.39 is 0 Å². The van der Waals surface area contributed by atoms with Gasteiger partial charge >= 0.3 is 0 Å². The lowest BCUT2D eigenvalue weighted by molar-refractivity contribution is 0.661. The molecule has 0 saturated heterocycles. The standard InChI is InChI=1S/C51H41N/c1-51(2)47-30-25-36-16-9-11-21-44(36)50(47)45-29-28-41(33-48(45)51)52(40-26-23-37(24-27-40)43-22-12-19-34-15-8-10-20-42(34)43)49-32-39-18-7-6-17-38(39)31-46(49)35-13-4-3-5-14-35/h3-7,9,11-14,16-19,21-33H,8,10,15,20H2,1-2H3. The molecule has 8 aromatic carbocycles. The number of rotatable bonds is 5. The van der Waals surface area contributed by atoms with Crippen molar-refractivity contribution >= 4 is 38.6 Å². The van der Waals surface area contributed by atoms with Crippen LogP contribution in [0.15, 0.2) is 164 Å². The molecule has 0 bridgehead atoms. The van der Waals surface area contributed by atoms with Crippen molar-refractivity contribution in [3.8, 4) is 33.4 Å². The zero-order chi connectivity index (χ0) is 34.8. The SMILES string of the molecule is CC1(C)c2cc(N(c3ccc(-c4cccc5c4CCCC5)cc3)c3cc4ccccc4cc3-c3ccccc3)ccc2-c2c1ccc1ccccc21. The van der Waals surface area contributed by atoms with E-state index in [1.54, 1.807) is 0 Å².